The zero-order chi connectivity index (χ0) is 18.8. The second kappa shape index (κ2) is 10.9. The second-order valence-electron chi connectivity index (χ2n) is 6.07. The Morgan fingerprint density at radius 2 is 1.88 bits per heavy atom. The van der Waals surface area contributed by atoms with Crippen molar-refractivity contribution in [3.05, 3.63) is 29.8 Å². The molecule has 0 radical (unpaired) electrons. The van der Waals surface area contributed by atoms with Gasteiger partial charge in [-0.05, 0) is 38.1 Å². The van der Waals surface area contributed by atoms with Crippen LogP contribution in [-0.4, -0.2) is 62.1 Å². The number of likely N-dealkylation sites (N-methyl/N-ethyl adjacent to an activating group) is 1. The third kappa shape index (κ3) is 7.69. The normalized spacial score (nSPS) is 12.2. The first-order valence-corrected chi connectivity index (χ1v) is 8.57. The number of aliphatic imine (C=N–C) groups is 1. The molecule has 0 unspecified atom stereocenters. The van der Waals surface area contributed by atoms with Crippen molar-refractivity contribution < 1.29 is 13.5 Å². The van der Waals surface area contributed by atoms with Crippen LogP contribution in [0, 0.1) is 0 Å². The van der Waals surface area contributed by atoms with Crippen molar-refractivity contribution in [3.63, 3.8) is 0 Å². The van der Waals surface area contributed by atoms with Crippen LogP contribution in [0.25, 0.3) is 0 Å². The van der Waals surface area contributed by atoms with E-state index in [2.05, 4.69) is 40.7 Å². The Bertz CT molecular complexity index is 520. The zero-order valence-corrected chi connectivity index (χ0v) is 15.8. The molecular formula is C18H30F2N4O. The van der Waals surface area contributed by atoms with E-state index in [9.17, 15) is 8.78 Å². The Morgan fingerprint density at radius 1 is 1.24 bits per heavy atom. The van der Waals surface area contributed by atoms with E-state index in [1.54, 1.807) is 31.3 Å². The Morgan fingerprint density at radius 3 is 2.36 bits per heavy atom. The average Bonchev–Trinajstić information content (AvgIpc) is 2.56. The van der Waals surface area contributed by atoms with Crippen molar-refractivity contribution in [3.8, 4) is 5.75 Å². The highest BCUT2D eigenvalue weighted by Crippen LogP contribution is 2.15. The molecule has 1 aromatic carbocycles. The number of rotatable bonds is 9. The SMILES string of the molecule is CCN(CCNC(=NC)N(C)Cc1ccc(OC(F)F)cc1)C(C)C. The zero-order valence-electron chi connectivity index (χ0n) is 15.8. The molecule has 0 spiro atoms. The number of alkyl halides is 2. The fourth-order valence-electron chi connectivity index (χ4n) is 2.60. The van der Waals surface area contributed by atoms with Crippen LogP contribution >= 0.6 is 0 Å². The van der Waals surface area contributed by atoms with Gasteiger partial charge in [0.1, 0.15) is 5.75 Å². The highest BCUT2D eigenvalue weighted by atomic mass is 19.3. The Hall–Kier alpha value is -1.89. The van der Waals surface area contributed by atoms with Gasteiger partial charge in [0.2, 0.25) is 0 Å². The van der Waals surface area contributed by atoms with Gasteiger partial charge in [0.15, 0.2) is 5.96 Å². The molecule has 0 aromatic heterocycles. The molecule has 1 rings (SSSR count). The number of nitrogens with zero attached hydrogens (tertiary/aromatic N) is 3. The van der Waals surface area contributed by atoms with Crippen LogP contribution in [-0.2, 0) is 6.54 Å². The van der Waals surface area contributed by atoms with Crippen molar-refractivity contribution in [1.29, 1.82) is 0 Å². The van der Waals surface area contributed by atoms with Gasteiger partial charge in [-0.15, -0.1) is 0 Å². The van der Waals surface area contributed by atoms with Crippen LogP contribution in [0.15, 0.2) is 29.3 Å². The lowest BCUT2D eigenvalue weighted by molar-refractivity contribution is -0.0498. The number of nitrogens with one attached hydrogen (secondary N) is 1. The van der Waals surface area contributed by atoms with Crippen LogP contribution in [0.5, 0.6) is 5.75 Å². The van der Waals surface area contributed by atoms with Crippen LogP contribution in [0.4, 0.5) is 8.78 Å². The van der Waals surface area contributed by atoms with Crippen LogP contribution in [0.2, 0.25) is 0 Å². The van der Waals surface area contributed by atoms with Crippen molar-refractivity contribution in [2.45, 2.75) is 40.0 Å². The first-order chi connectivity index (χ1) is 11.9. The lowest BCUT2D eigenvalue weighted by atomic mass is 10.2. The maximum atomic E-state index is 12.2. The molecule has 142 valence electrons. The molecule has 0 amide bonds. The summed E-state index contributed by atoms with van der Waals surface area (Å²) >= 11 is 0. The molecule has 0 aliphatic carbocycles. The van der Waals surface area contributed by atoms with Gasteiger partial charge in [-0.25, -0.2) is 0 Å². The predicted octanol–water partition coefficient (Wildman–Crippen LogP) is 3.03. The third-order valence-electron chi connectivity index (χ3n) is 3.96. The Labute approximate surface area is 149 Å². The van der Waals surface area contributed by atoms with Crippen molar-refractivity contribution in [2.24, 2.45) is 4.99 Å². The molecule has 25 heavy (non-hydrogen) atoms. The second-order valence-corrected chi connectivity index (χ2v) is 6.07. The Balaban J connectivity index is 2.51. The summed E-state index contributed by atoms with van der Waals surface area (Å²) in [6.45, 7) is 7.12. The molecule has 0 aliphatic rings. The Kier molecular flexibility index (Phi) is 9.20. The van der Waals surface area contributed by atoms with Crippen LogP contribution < -0.4 is 10.1 Å². The molecular weight excluding hydrogens is 326 g/mol. The average molecular weight is 356 g/mol. The standard InChI is InChI=1S/C18H30F2N4O/c1-6-24(14(2)3)12-11-22-18(21-4)23(5)13-15-7-9-16(10-8-15)25-17(19)20/h7-10,14,17H,6,11-13H2,1-5H3,(H,21,22). The number of hydrogen-bond acceptors (Lipinski definition) is 3. The van der Waals surface area contributed by atoms with Crippen molar-refractivity contribution in [1.82, 2.24) is 15.1 Å². The van der Waals surface area contributed by atoms with Crippen LogP contribution in [0.3, 0.4) is 0 Å². The molecule has 5 nitrogen and oxygen atoms in total. The fourth-order valence-corrected chi connectivity index (χ4v) is 2.60. The summed E-state index contributed by atoms with van der Waals surface area (Å²) in [7, 11) is 3.69. The predicted molar refractivity (Wildman–Crippen MR) is 98.3 cm³/mol. The van der Waals surface area contributed by atoms with E-state index in [1.807, 2.05) is 11.9 Å². The van der Waals surface area contributed by atoms with Gasteiger partial charge in [-0.2, -0.15) is 8.78 Å². The maximum Gasteiger partial charge on any atom is 0.387 e. The molecule has 0 fully saturated rings. The maximum absolute atomic E-state index is 12.2. The minimum Gasteiger partial charge on any atom is -0.435 e. The summed E-state index contributed by atoms with van der Waals surface area (Å²) in [6, 6.07) is 7.17. The number of guanidine groups is 1. The van der Waals surface area contributed by atoms with Gasteiger partial charge in [0.25, 0.3) is 0 Å². The number of hydrogen-bond donors (Lipinski definition) is 1. The summed E-state index contributed by atoms with van der Waals surface area (Å²) in [5, 5.41) is 3.36. The highest BCUT2D eigenvalue weighted by molar-refractivity contribution is 5.79. The number of benzene rings is 1. The van der Waals surface area contributed by atoms with Crippen molar-refractivity contribution >= 4 is 5.96 Å². The number of halogens is 2. The smallest absolute Gasteiger partial charge is 0.387 e. The first-order valence-electron chi connectivity index (χ1n) is 8.57. The molecule has 0 saturated carbocycles. The summed E-state index contributed by atoms with van der Waals surface area (Å²) in [5.41, 5.74) is 0.990. The molecule has 7 heteroatoms. The van der Waals surface area contributed by atoms with E-state index in [0.29, 0.717) is 12.6 Å². The minimum absolute atomic E-state index is 0.164. The van der Waals surface area contributed by atoms with Gasteiger partial charge in [0, 0.05) is 39.8 Å². The molecule has 0 heterocycles. The molecule has 0 saturated heterocycles. The topological polar surface area (TPSA) is 40.1 Å². The minimum atomic E-state index is -2.80. The van der Waals surface area contributed by atoms with Gasteiger partial charge in [-0.1, -0.05) is 19.1 Å². The van der Waals surface area contributed by atoms with Gasteiger partial charge < -0.3 is 15.0 Å². The summed E-state index contributed by atoms with van der Waals surface area (Å²) in [5.74, 6) is 0.963. The van der Waals surface area contributed by atoms with Crippen LogP contribution in [0.1, 0.15) is 26.3 Å². The van der Waals surface area contributed by atoms with Gasteiger partial charge in [0.05, 0.1) is 0 Å². The molecule has 1 aromatic rings. The lowest BCUT2D eigenvalue weighted by Gasteiger charge is -2.27. The van der Waals surface area contributed by atoms with Gasteiger partial charge in [-0.3, -0.25) is 9.89 Å². The molecule has 1 N–H and O–H groups in total. The third-order valence-corrected chi connectivity index (χ3v) is 3.96. The highest BCUT2D eigenvalue weighted by Gasteiger charge is 2.10. The van der Waals surface area contributed by atoms with E-state index in [-0.39, 0.29) is 5.75 Å². The fraction of sp³-hybridized carbons (Fsp3) is 0.611. The largest absolute Gasteiger partial charge is 0.435 e. The van der Waals surface area contributed by atoms with Gasteiger partial charge >= 0.3 is 6.61 Å². The van der Waals surface area contributed by atoms with E-state index < -0.39 is 6.61 Å². The van der Waals surface area contributed by atoms with E-state index >= 15 is 0 Å². The molecule has 0 aliphatic heterocycles. The first kappa shape index (κ1) is 21.2. The van der Waals surface area contributed by atoms with E-state index in [0.717, 1.165) is 31.2 Å². The van der Waals surface area contributed by atoms with E-state index in [4.69, 9.17) is 0 Å². The van der Waals surface area contributed by atoms with Crippen molar-refractivity contribution in [2.75, 3.05) is 33.7 Å². The summed E-state index contributed by atoms with van der Waals surface area (Å²) in [6.07, 6.45) is 0. The summed E-state index contributed by atoms with van der Waals surface area (Å²) < 4.78 is 28.7. The monoisotopic (exact) mass is 356 g/mol. The van der Waals surface area contributed by atoms with E-state index in [1.165, 1.54) is 0 Å². The quantitative estimate of drug-likeness (QED) is 0.545. The lowest BCUT2D eigenvalue weighted by Crippen LogP contribution is -2.43. The summed E-state index contributed by atoms with van der Waals surface area (Å²) in [4.78, 5) is 8.67. The molecule has 0 atom stereocenters. The number of ether oxygens (including phenoxy) is 1. The molecule has 0 bridgehead atoms.